The maximum absolute atomic E-state index is 12.4. The van der Waals surface area contributed by atoms with Crippen LogP contribution < -0.4 is 5.32 Å². The van der Waals surface area contributed by atoms with Crippen LogP contribution in [0.1, 0.15) is 16.1 Å². The summed E-state index contributed by atoms with van der Waals surface area (Å²) in [5.74, 6) is -0.0753. The van der Waals surface area contributed by atoms with Gasteiger partial charge in [0.1, 0.15) is 5.69 Å². The SMILES string of the molecule is CN(C)CCNc1ccc(C(=O)N(C)Cc2ccccc2)nc1. The van der Waals surface area contributed by atoms with Crippen LogP contribution in [0.2, 0.25) is 0 Å². The number of hydrogen-bond donors (Lipinski definition) is 1. The van der Waals surface area contributed by atoms with Gasteiger partial charge in [0, 0.05) is 26.7 Å². The van der Waals surface area contributed by atoms with E-state index < -0.39 is 0 Å². The van der Waals surface area contributed by atoms with E-state index in [2.05, 4.69) is 15.2 Å². The maximum Gasteiger partial charge on any atom is 0.272 e. The van der Waals surface area contributed by atoms with Crippen LogP contribution in [0.4, 0.5) is 5.69 Å². The molecule has 0 saturated carbocycles. The van der Waals surface area contributed by atoms with Crippen molar-refractivity contribution in [1.29, 1.82) is 0 Å². The van der Waals surface area contributed by atoms with Gasteiger partial charge in [-0.1, -0.05) is 30.3 Å². The third-order valence-corrected chi connectivity index (χ3v) is 3.48. The van der Waals surface area contributed by atoms with Gasteiger partial charge in [-0.05, 0) is 31.8 Å². The monoisotopic (exact) mass is 312 g/mol. The average molecular weight is 312 g/mol. The van der Waals surface area contributed by atoms with E-state index in [1.165, 1.54) is 0 Å². The zero-order valence-corrected chi connectivity index (χ0v) is 14.0. The largest absolute Gasteiger partial charge is 0.383 e. The Balaban J connectivity index is 1.91. The molecule has 0 saturated heterocycles. The molecule has 1 heterocycles. The minimum Gasteiger partial charge on any atom is -0.383 e. The Morgan fingerprint density at radius 1 is 1.09 bits per heavy atom. The van der Waals surface area contributed by atoms with Crippen LogP contribution in [-0.2, 0) is 6.54 Å². The van der Waals surface area contributed by atoms with Crippen molar-refractivity contribution in [1.82, 2.24) is 14.8 Å². The maximum atomic E-state index is 12.4. The van der Waals surface area contributed by atoms with Crippen molar-refractivity contribution >= 4 is 11.6 Å². The molecule has 2 aromatic rings. The third kappa shape index (κ3) is 5.38. The van der Waals surface area contributed by atoms with E-state index in [0.717, 1.165) is 24.3 Å². The van der Waals surface area contributed by atoms with Gasteiger partial charge in [-0.2, -0.15) is 0 Å². The van der Waals surface area contributed by atoms with Crippen LogP contribution in [0.15, 0.2) is 48.7 Å². The first-order valence-electron chi connectivity index (χ1n) is 7.70. The Morgan fingerprint density at radius 2 is 1.83 bits per heavy atom. The lowest BCUT2D eigenvalue weighted by atomic mass is 10.2. The molecule has 0 aliphatic heterocycles. The molecule has 23 heavy (non-hydrogen) atoms. The van der Waals surface area contributed by atoms with Gasteiger partial charge in [0.25, 0.3) is 5.91 Å². The molecule has 0 bridgehead atoms. The molecule has 1 amide bonds. The number of anilines is 1. The van der Waals surface area contributed by atoms with Crippen molar-refractivity contribution in [3.05, 3.63) is 59.9 Å². The minimum atomic E-state index is -0.0753. The summed E-state index contributed by atoms with van der Waals surface area (Å²) in [6, 6.07) is 13.6. The summed E-state index contributed by atoms with van der Waals surface area (Å²) in [5, 5.41) is 3.28. The Morgan fingerprint density at radius 3 is 2.43 bits per heavy atom. The molecule has 5 nitrogen and oxygen atoms in total. The third-order valence-electron chi connectivity index (χ3n) is 3.48. The second-order valence-corrected chi connectivity index (χ2v) is 5.81. The van der Waals surface area contributed by atoms with E-state index in [1.807, 2.05) is 50.5 Å². The Hall–Kier alpha value is -2.40. The topological polar surface area (TPSA) is 48.5 Å². The highest BCUT2D eigenvalue weighted by molar-refractivity contribution is 5.92. The number of carbonyl (C=O) groups is 1. The van der Waals surface area contributed by atoms with Gasteiger partial charge in [-0.25, -0.2) is 4.98 Å². The molecule has 1 N–H and O–H groups in total. The summed E-state index contributed by atoms with van der Waals surface area (Å²) < 4.78 is 0. The Bertz CT molecular complexity index is 611. The lowest BCUT2D eigenvalue weighted by Gasteiger charge is -2.17. The summed E-state index contributed by atoms with van der Waals surface area (Å²) in [5.41, 5.74) is 2.49. The van der Waals surface area contributed by atoms with Crippen molar-refractivity contribution in [3.8, 4) is 0 Å². The molecule has 1 aromatic heterocycles. The number of nitrogens with zero attached hydrogens (tertiary/aromatic N) is 3. The van der Waals surface area contributed by atoms with Crippen LogP contribution in [-0.4, -0.2) is 54.9 Å². The number of pyridine rings is 1. The van der Waals surface area contributed by atoms with Gasteiger partial charge in [-0.15, -0.1) is 0 Å². The highest BCUT2D eigenvalue weighted by Gasteiger charge is 2.13. The number of benzene rings is 1. The molecule has 2 rings (SSSR count). The summed E-state index contributed by atoms with van der Waals surface area (Å²) in [4.78, 5) is 20.5. The normalized spacial score (nSPS) is 10.6. The number of likely N-dealkylation sites (N-methyl/N-ethyl adjacent to an activating group) is 1. The molecule has 0 fully saturated rings. The Labute approximate surface area is 137 Å². The fraction of sp³-hybridized carbons (Fsp3) is 0.333. The van der Waals surface area contributed by atoms with Crippen LogP contribution >= 0.6 is 0 Å². The fourth-order valence-electron chi connectivity index (χ4n) is 2.17. The van der Waals surface area contributed by atoms with Crippen molar-refractivity contribution in [2.45, 2.75) is 6.54 Å². The molecular formula is C18H24N4O. The molecule has 0 unspecified atom stereocenters. The molecule has 0 radical (unpaired) electrons. The van der Waals surface area contributed by atoms with Gasteiger partial charge < -0.3 is 15.1 Å². The average Bonchev–Trinajstić information content (AvgIpc) is 2.55. The first kappa shape index (κ1) is 17.0. The van der Waals surface area contributed by atoms with Gasteiger partial charge >= 0.3 is 0 Å². The molecule has 0 aliphatic rings. The van der Waals surface area contributed by atoms with Crippen molar-refractivity contribution in [3.63, 3.8) is 0 Å². The molecule has 0 aliphatic carbocycles. The lowest BCUT2D eigenvalue weighted by molar-refractivity contribution is 0.0779. The van der Waals surface area contributed by atoms with Gasteiger partial charge in [0.15, 0.2) is 0 Å². The molecule has 1 aromatic carbocycles. The molecule has 5 heteroatoms. The second-order valence-electron chi connectivity index (χ2n) is 5.81. The van der Waals surface area contributed by atoms with Gasteiger partial charge in [-0.3, -0.25) is 4.79 Å². The van der Waals surface area contributed by atoms with E-state index in [0.29, 0.717) is 12.2 Å². The minimum absolute atomic E-state index is 0.0753. The summed E-state index contributed by atoms with van der Waals surface area (Å²) in [6.45, 7) is 2.36. The number of carbonyl (C=O) groups excluding carboxylic acids is 1. The van der Waals surface area contributed by atoms with Crippen LogP contribution in [0.25, 0.3) is 0 Å². The molecule has 0 spiro atoms. The van der Waals surface area contributed by atoms with E-state index in [1.54, 1.807) is 24.2 Å². The van der Waals surface area contributed by atoms with E-state index in [9.17, 15) is 4.79 Å². The van der Waals surface area contributed by atoms with Crippen LogP contribution in [0, 0.1) is 0 Å². The predicted molar refractivity (Wildman–Crippen MR) is 93.5 cm³/mol. The first-order chi connectivity index (χ1) is 11.1. The summed E-state index contributed by atoms with van der Waals surface area (Å²) in [7, 11) is 5.86. The van der Waals surface area contributed by atoms with E-state index in [-0.39, 0.29) is 5.91 Å². The predicted octanol–water partition coefficient (Wildman–Crippen LogP) is 2.33. The van der Waals surface area contributed by atoms with Gasteiger partial charge in [0.2, 0.25) is 0 Å². The number of nitrogens with one attached hydrogen (secondary N) is 1. The van der Waals surface area contributed by atoms with Crippen molar-refractivity contribution < 1.29 is 4.79 Å². The second kappa shape index (κ2) is 8.29. The Kier molecular flexibility index (Phi) is 6.11. The van der Waals surface area contributed by atoms with Crippen LogP contribution in [0.3, 0.4) is 0 Å². The number of aromatic nitrogens is 1. The lowest BCUT2D eigenvalue weighted by Crippen LogP contribution is -2.27. The van der Waals surface area contributed by atoms with Crippen LogP contribution in [0.5, 0.6) is 0 Å². The van der Waals surface area contributed by atoms with E-state index >= 15 is 0 Å². The van der Waals surface area contributed by atoms with Crippen molar-refractivity contribution in [2.24, 2.45) is 0 Å². The molecule has 0 atom stereocenters. The standard InChI is InChI=1S/C18H24N4O/c1-21(2)12-11-19-16-9-10-17(20-13-16)18(23)22(3)14-15-7-5-4-6-8-15/h4-10,13,19H,11-12,14H2,1-3H3. The first-order valence-corrected chi connectivity index (χ1v) is 7.70. The zero-order valence-electron chi connectivity index (χ0n) is 14.0. The molecule has 122 valence electrons. The fourth-order valence-corrected chi connectivity index (χ4v) is 2.17. The molecular weight excluding hydrogens is 288 g/mol. The highest BCUT2D eigenvalue weighted by atomic mass is 16.2. The number of rotatable bonds is 7. The quantitative estimate of drug-likeness (QED) is 0.852. The smallest absolute Gasteiger partial charge is 0.272 e. The van der Waals surface area contributed by atoms with Gasteiger partial charge in [0.05, 0.1) is 11.9 Å². The summed E-state index contributed by atoms with van der Waals surface area (Å²) in [6.07, 6.45) is 1.71. The van der Waals surface area contributed by atoms with E-state index in [4.69, 9.17) is 0 Å². The van der Waals surface area contributed by atoms with Crippen molar-refractivity contribution in [2.75, 3.05) is 39.5 Å². The summed E-state index contributed by atoms with van der Waals surface area (Å²) >= 11 is 0. The highest BCUT2D eigenvalue weighted by Crippen LogP contribution is 2.10. The number of amides is 1. The zero-order chi connectivity index (χ0) is 16.7. The number of hydrogen-bond acceptors (Lipinski definition) is 4.